The van der Waals surface area contributed by atoms with Crippen LogP contribution in [0, 0.1) is 11.3 Å². The van der Waals surface area contributed by atoms with E-state index in [2.05, 4.69) is 63.9 Å². The number of rotatable bonds is 7. The second kappa shape index (κ2) is 16.2. The zero-order valence-electron chi connectivity index (χ0n) is 33.3. The monoisotopic (exact) mass is 897 g/mol. The van der Waals surface area contributed by atoms with Crippen LogP contribution in [0.1, 0.15) is 43.3 Å². The minimum absolute atomic E-state index is 0.0380. The molecule has 61 heavy (non-hydrogen) atoms. The Morgan fingerprint density at radius 3 is 1.56 bits per heavy atom. The maximum atomic E-state index is 9.67. The molecule has 0 saturated carbocycles. The van der Waals surface area contributed by atoms with Crippen LogP contribution in [-0.2, 0) is 5.41 Å². The molecule has 6 aromatic heterocycles. The summed E-state index contributed by atoms with van der Waals surface area (Å²) in [5, 5.41) is 11.2. The first-order chi connectivity index (χ1) is 29.4. The van der Waals surface area contributed by atoms with Crippen molar-refractivity contribution in [2.45, 2.75) is 36.5 Å². The largest absolute Gasteiger partial charge is 0.438 e. The van der Waals surface area contributed by atoms with Crippen molar-refractivity contribution >= 4 is 104 Å². The molecule has 0 saturated heterocycles. The molecular formula is C46H34Cl3N9OS2. The fourth-order valence-electron chi connectivity index (χ4n) is 7.28. The number of hydrogen-bond donors (Lipinski definition) is 3. The molecule has 302 valence electrons. The average Bonchev–Trinajstić information content (AvgIpc) is 4.09. The number of nitriles is 1. The van der Waals surface area contributed by atoms with Gasteiger partial charge in [0, 0.05) is 38.8 Å². The van der Waals surface area contributed by atoms with E-state index in [4.69, 9.17) is 54.5 Å². The number of nitrogens with one attached hydrogen (secondary N) is 3. The summed E-state index contributed by atoms with van der Waals surface area (Å²) in [6.07, 6.45) is 7.66. The third-order valence-corrected chi connectivity index (χ3v) is 12.2. The molecule has 15 heteroatoms. The standard InChI is InChI=1S/C46H34Cl3N9OS2/c1-46(2,3)25-10-12-26(13-11-25)59-43-39(42(49)57-45(58-43)61-5)37-33-17-15-28(52-33)27-14-16-31(51-27)36(38-40(47)55-44(60-4)56-41(38)48)32-20-18-29(53-32)35(30-19-21-34(37)54-30)24-8-6-23(22-50)7-9-24/h6-21,51-53H,1-5H3. The van der Waals surface area contributed by atoms with E-state index >= 15 is 0 Å². The molecule has 2 aromatic carbocycles. The van der Waals surface area contributed by atoms with Crippen LogP contribution >= 0.6 is 58.3 Å². The van der Waals surface area contributed by atoms with Gasteiger partial charge in [-0.3, -0.25) is 0 Å². The van der Waals surface area contributed by atoms with E-state index in [1.807, 2.05) is 85.3 Å². The van der Waals surface area contributed by atoms with E-state index in [0.29, 0.717) is 71.8 Å². The zero-order valence-corrected chi connectivity index (χ0v) is 37.2. The number of nitrogens with zero attached hydrogens (tertiary/aromatic N) is 6. The van der Waals surface area contributed by atoms with Crippen molar-refractivity contribution in [1.29, 1.82) is 5.26 Å². The highest BCUT2D eigenvalue weighted by Gasteiger charge is 2.25. The molecule has 0 aliphatic carbocycles. The van der Waals surface area contributed by atoms with Crippen molar-refractivity contribution < 1.29 is 4.74 Å². The quantitative estimate of drug-likeness (QED) is 0.0808. The Kier molecular flexibility index (Phi) is 10.8. The van der Waals surface area contributed by atoms with Gasteiger partial charge in [0.25, 0.3) is 0 Å². The molecule has 0 atom stereocenters. The Morgan fingerprint density at radius 2 is 1.02 bits per heavy atom. The van der Waals surface area contributed by atoms with Crippen LogP contribution in [0.5, 0.6) is 11.6 Å². The normalized spacial score (nSPS) is 12.0. The van der Waals surface area contributed by atoms with Crippen LogP contribution in [0.3, 0.4) is 0 Å². The van der Waals surface area contributed by atoms with Gasteiger partial charge in [0.05, 0.1) is 45.2 Å². The third-order valence-electron chi connectivity index (χ3n) is 10.3. The van der Waals surface area contributed by atoms with Crippen molar-refractivity contribution in [2.75, 3.05) is 12.5 Å². The number of fused-ring (bicyclic) bond motifs is 9. The maximum Gasteiger partial charge on any atom is 0.232 e. The van der Waals surface area contributed by atoms with E-state index in [1.54, 1.807) is 12.1 Å². The minimum atomic E-state index is -0.0380. The highest BCUT2D eigenvalue weighted by atomic mass is 35.5. The van der Waals surface area contributed by atoms with Gasteiger partial charge in [0.1, 0.15) is 21.2 Å². The molecule has 3 N–H and O–H groups in total. The summed E-state index contributed by atoms with van der Waals surface area (Å²) in [6.45, 7) is 6.51. The number of aromatic nitrogens is 8. The van der Waals surface area contributed by atoms with Crippen LogP contribution in [0.25, 0.3) is 78.6 Å². The van der Waals surface area contributed by atoms with E-state index in [9.17, 15) is 5.26 Å². The van der Waals surface area contributed by atoms with Crippen molar-refractivity contribution in [2.24, 2.45) is 0 Å². The van der Waals surface area contributed by atoms with Gasteiger partial charge in [-0.2, -0.15) is 10.2 Å². The Hall–Kier alpha value is -5.81. The van der Waals surface area contributed by atoms with Crippen LogP contribution in [0.15, 0.2) is 95.2 Å². The molecule has 1 aliphatic heterocycles. The van der Waals surface area contributed by atoms with E-state index in [1.165, 1.54) is 29.1 Å². The molecule has 0 fully saturated rings. The lowest BCUT2D eigenvalue weighted by molar-refractivity contribution is 0.457. The highest BCUT2D eigenvalue weighted by molar-refractivity contribution is 7.98. The van der Waals surface area contributed by atoms with E-state index < -0.39 is 0 Å². The summed E-state index contributed by atoms with van der Waals surface area (Å²) >= 11 is 23.8. The number of halogens is 3. The van der Waals surface area contributed by atoms with Gasteiger partial charge in [-0.15, -0.1) is 0 Å². The Bertz CT molecular complexity index is 3210. The van der Waals surface area contributed by atoms with Gasteiger partial charge in [-0.25, -0.2) is 19.9 Å². The lowest BCUT2D eigenvalue weighted by atomic mass is 9.87. The molecule has 9 rings (SSSR count). The molecule has 8 bridgehead atoms. The summed E-state index contributed by atoms with van der Waals surface area (Å²) in [7, 11) is 0. The van der Waals surface area contributed by atoms with Crippen LogP contribution in [0.4, 0.5) is 0 Å². The third kappa shape index (κ3) is 7.73. The lowest BCUT2D eigenvalue weighted by Gasteiger charge is -2.19. The Balaban J connectivity index is 1.39. The van der Waals surface area contributed by atoms with Gasteiger partial charge in [-0.05, 0) is 102 Å². The van der Waals surface area contributed by atoms with E-state index in [-0.39, 0.29) is 26.8 Å². The molecule has 0 amide bonds. The Morgan fingerprint density at radius 1 is 0.541 bits per heavy atom. The first-order valence-electron chi connectivity index (χ1n) is 18.9. The van der Waals surface area contributed by atoms with Crippen molar-refractivity contribution in [3.05, 3.63) is 123 Å². The Labute approximate surface area is 374 Å². The second-order valence-electron chi connectivity index (χ2n) is 15.1. The number of aromatic amines is 3. The highest BCUT2D eigenvalue weighted by Crippen LogP contribution is 2.44. The molecule has 7 heterocycles. The summed E-state index contributed by atoms with van der Waals surface area (Å²) in [6, 6.07) is 29.4. The van der Waals surface area contributed by atoms with Crippen LogP contribution in [-0.4, -0.2) is 52.4 Å². The van der Waals surface area contributed by atoms with Gasteiger partial charge in [-0.1, -0.05) is 103 Å². The van der Waals surface area contributed by atoms with E-state index in [0.717, 1.165) is 27.7 Å². The molecule has 0 unspecified atom stereocenters. The number of hydrogen-bond acceptors (Lipinski definition) is 9. The molecule has 0 spiro atoms. The average molecular weight is 899 g/mol. The predicted octanol–water partition coefficient (Wildman–Crippen LogP) is 13.6. The minimum Gasteiger partial charge on any atom is -0.438 e. The fourth-order valence-corrected chi connectivity index (χ4v) is 8.99. The van der Waals surface area contributed by atoms with Crippen LogP contribution < -0.4 is 4.74 Å². The van der Waals surface area contributed by atoms with Crippen LogP contribution in [0.2, 0.25) is 15.5 Å². The topological polar surface area (TPSA) is 145 Å². The van der Waals surface area contributed by atoms with Crippen molar-refractivity contribution in [1.82, 2.24) is 39.9 Å². The maximum absolute atomic E-state index is 9.67. The summed E-state index contributed by atoms with van der Waals surface area (Å²) in [5.74, 6) is 0.868. The summed E-state index contributed by atoms with van der Waals surface area (Å²) < 4.78 is 6.63. The number of H-pyrrole nitrogens is 3. The number of thioether (sulfide) groups is 2. The fraction of sp³-hybridized carbons (Fsp3) is 0.130. The van der Waals surface area contributed by atoms with Gasteiger partial charge < -0.3 is 19.7 Å². The SMILES string of the molecule is CSc1nc(Cl)c(-c2c3ccc([nH]3)c(-c3ccc(C#N)cc3)c3nc(c(-c4c(Cl)nc(SC)nc4Oc4ccc(C(C)(C)C)cc4)c4ccc([nH]4)c4ccc2[nH]4)C=C3)c(Cl)n1. The smallest absolute Gasteiger partial charge is 0.232 e. The summed E-state index contributed by atoms with van der Waals surface area (Å²) in [4.78, 5) is 34.9. The zero-order chi connectivity index (χ0) is 42.6. The molecular weight excluding hydrogens is 865 g/mol. The number of ether oxygens (including phenoxy) is 1. The first kappa shape index (κ1) is 40.6. The van der Waals surface area contributed by atoms with Crippen molar-refractivity contribution in [3.8, 4) is 51.1 Å². The number of benzene rings is 2. The van der Waals surface area contributed by atoms with Gasteiger partial charge in [0.2, 0.25) is 5.88 Å². The molecule has 10 nitrogen and oxygen atoms in total. The second-order valence-corrected chi connectivity index (χ2v) is 17.7. The summed E-state index contributed by atoms with van der Waals surface area (Å²) in [5.41, 5.74) is 11.1. The lowest BCUT2D eigenvalue weighted by Crippen LogP contribution is -2.10. The molecule has 1 aliphatic rings. The molecule has 8 aromatic rings. The van der Waals surface area contributed by atoms with Crippen molar-refractivity contribution in [3.63, 3.8) is 0 Å². The predicted molar refractivity (Wildman–Crippen MR) is 251 cm³/mol. The first-order valence-corrected chi connectivity index (χ1v) is 22.5. The van der Waals surface area contributed by atoms with Gasteiger partial charge in [0.15, 0.2) is 10.3 Å². The molecule has 0 radical (unpaired) electrons. The van der Waals surface area contributed by atoms with Gasteiger partial charge >= 0.3 is 0 Å².